The molecular weight excluding hydrogens is 440 g/mol. The maximum Gasteiger partial charge on any atom is 0.319 e. The van der Waals surface area contributed by atoms with Crippen LogP contribution in [0.2, 0.25) is 5.02 Å². The Morgan fingerprint density at radius 1 is 1.15 bits per heavy atom. The fraction of sp³-hybridized carbons (Fsp3) is 0.600. The number of amides is 3. The summed E-state index contributed by atoms with van der Waals surface area (Å²) in [6.07, 6.45) is 6.80. The number of nitrogens with one attached hydrogen (secondary N) is 2. The van der Waals surface area contributed by atoms with Crippen LogP contribution in [0.5, 0.6) is 0 Å². The molecule has 1 aliphatic carbocycles. The van der Waals surface area contributed by atoms with Crippen LogP contribution in [0.1, 0.15) is 74.9 Å². The van der Waals surface area contributed by atoms with Crippen molar-refractivity contribution in [1.82, 2.24) is 15.1 Å². The molecule has 1 saturated heterocycles. The average Bonchev–Trinajstić information content (AvgIpc) is 3.24. The number of nitrogens with zero attached hydrogens (tertiary/aromatic N) is 2. The number of hydrogen-bond donors (Lipinski definition) is 2. The third-order valence-electron chi connectivity index (χ3n) is 7.23. The molecule has 8 heteroatoms. The minimum absolute atomic E-state index is 0.0798. The molecule has 3 heterocycles. The number of hydrogen-bond acceptors (Lipinski definition) is 4. The molecule has 1 aromatic heterocycles. The van der Waals surface area contributed by atoms with Crippen LogP contribution in [0.3, 0.4) is 0 Å². The van der Waals surface area contributed by atoms with E-state index in [0.29, 0.717) is 28.1 Å². The molecule has 2 aromatic rings. The zero-order chi connectivity index (χ0) is 23.8. The Bertz CT molecular complexity index is 1030. The van der Waals surface area contributed by atoms with Crippen molar-refractivity contribution in [2.75, 3.05) is 32.5 Å². The topological polar surface area (TPSA) is 77.8 Å². The van der Waals surface area contributed by atoms with Gasteiger partial charge in [-0.15, -0.1) is 0 Å². The first-order valence-electron chi connectivity index (χ1n) is 12.2. The van der Waals surface area contributed by atoms with Crippen LogP contribution >= 0.6 is 11.6 Å². The molecule has 5 rings (SSSR count). The Hall–Kier alpha value is -2.25. The summed E-state index contributed by atoms with van der Waals surface area (Å²) in [4.78, 5) is 29.7. The second-order valence-electron chi connectivity index (χ2n) is 9.35. The zero-order valence-corrected chi connectivity index (χ0v) is 20.8. The van der Waals surface area contributed by atoms with Gasteiger partial charge < -0.3 is 24.9 Å². The number of piperidine rings is 1. The van der Waals surface area contributed by atoms with Crippen molar-refractivity contribution in [2.45, 2.75) is 70.4 Å². The molecular formula is C25H35ClN4O3. The standard InChI is InChI=1S/C23H29ClN4O3.C2H6/c1-27(2)15-6-10-28(11-7-15)21(29)17-13-14-12-16(24)19-18(20(14)31-17)23(26-22(30)25-19)8-4-3-5-9-23;1-2/h12-13,15H,3-11H2,1-2H3,(H2,25,26,30);1-2H3. The van der Waals surface area contributed by atoms with E-state index < -0.39 is 5.54 Å². The summed E-state index contributed by atoms with van der Waals surface area (Å²) in [7, 11) is 4.17. The molecule has 7 nitrogen and oxygen atoms in total. The molecule has 3 aliphatic rings. The lowest BCUT2D eigenvalue weighted by molar-refractivity contribution is 0.0634. The Morgan fingerprint density at radius 3 is 2.45 bits per heavy atom. The van der Waals surface area contributed by atoms with E-state index in [1.54, 1.807) is 12.1 Å². The van der Waals surface area contributed by atoms with E-state index in [0.717, 1.165) is 69.0 Å². The summed E-state index contributed by atoms with van der Waals surface area (Å²) in [5, 5.41) is 7.31. The average molecular weight is 475 g/mol. The van der Waals surface area contributed by atoms with Crippen molar-refractivity contribution in [2.24, 2.45) is 0 Å². The summed E-state index contributed by atoms with van der Waals surface area (Å²) < 4.78 is 6.22. The van der Waals surface area contributed by atoms with Crippen molar-refractivity contribution < 1.29 is 14.0 Å². The number of benzene rings is 1. The number of halogens is 1. The number of rotatable bonds is 2. The van der Waals surface area contributed by atoms with Crippen molar-refractivity contribution in [3.63, 3.8) is 0 Å². The molecule has 180 valence electrons. The number of fused-ring (bicyclic) bond motifs is 4. The molecule has 0 radical (unpaired) electrons. The van der Waals surface area contributed by atoms with Crippen molar-refractivity contribution in [3.05, 3.63) is 28.5 Å². The SMILES string of the molecule is CC.CN(C)C1CCN(C(=O)c2cc3cc(Cl)c4c(c3o2)C2(CCCCC2)NC(=O)N4)CC1. The predicted molar refractivity (Wildman–Crippen MR) is 132 cm³/mol. The van der Waals surface area contributed by atoms with E-state index in [1.807, 2.05) is 18.7 Å². The molecule has 33 heavy (non-hydrogen) atoms. The van der Waals surface area contributed by atoms with E-state index >= 15 is 0 Å². The van der Waals surface area contributed by atoms with Crippen LogP contribution < -0.4 is 10.6 Å². The summed E-state index contributed by atoms with van der Waals surface area (Å²) in [5.41, 5.74) is 1.65. The van der Waals surface area contributed by atoms with Crippen molar-refractivity contribution >= 4 is 40.2 Å². The van der Waals surface area contributed by atoms with Crippen molar-refractivity contribution in [3.8, 4) is 0 Å². The summed E-state index contributed by atoms with van der Waals surface area (Å²) in [6, 6.07) is 3.86. The van der Waals surface area contributed by atoms with Gasteiger partial charge in [-0.1, -0.05) is 44.7 Å². The van der Waals surface area contributed by atoms with Crippen LogP contribution in [0.15, 0.2) is 16.5 Å². The second-order valence-corrected chi connectivity index (χ2v) is 9.75. The highest BCUT2D eigenvalue weighted by molar-refractivity contribution is 6.35. The van der Waals surface area contributed by atoms with Crippen LogP contribution in [0.25, 0.3) is 11.0 Å². The first kappa shape index (κ1) is 23.9. The minimum atomic E-state index is -0.499. The summed E-state index contributed by atoms with van der Waals surface area (Å²) in [5.74, 6) is 0.259. The summed E-state index contributed by atoms with van der Waals surface area (Å²) in [6.45, 7) is 5.44. The normalized spacial score (nSPS) is 20.2. The first-order valence-corrected chi connectivity index (χ1v) is 12.6. The van der Waals surface area contributed by atoms with Gasteiger partial charge in [0.25, 0.3) is 5.91 Å². The Morgan fingerprint density at radius 2 is 1.82 bits per heavy atom. The lowest BCUT2D eigenvalue weighted by atomic mass is 9.74. The number of anilines is 1. The minimum Gasteiger partial charge on any atom is -0.450 e. The monoisotopic (exact) mass is 474 g/mol. The van der Waals surface area contributed by atoms with Gasteiger partial charge in [0.05, 0.1) is 16.2 Å². The summed E-state index contributed by atoms with van der Waals surface area (Å²) >= 11 is 6.59. The Kier molecular flexibility index (Phi) is 6.91. The molecule has 1 spiro atoms. The third kappa shape index (κ3) is 4.33. The fourth-order valence-electron chi connectivity index (χ4n) is 5.53. The highest BCUT2D eigenvalue weighted by atomic mass is 35.5. The van der Waals surface area contributed by atoms with Crippen LogP contribution in [-0.4, -0.2) is 55.0 Å². The van der Waals surface area contributed by atoms with E-state index in [1.165, 1.54) is 0 Å². The van der Waals surface area contributed by atoms with E-state index in [2.05, 4.69) is 29.6 Å². The number of likely N-dealkylation sites (tertiary alicyclic amines) is 1. The van der Waals surface area contributed by atoms with E-state index in [4.69, 9.17) is 16.0 Å². The quantitative estimate of drug-likeness (QED) is 0.596. The van der Waals surface area contributed by atoms with Gasteiger partial charge in [0, 0.05) is 30.1 Å². The molecule has 1 aromatic carbocycles. The van der Waals surface area contributed by atoms with Gasteiger partial charge in [0.15, 0.2) is 5.76 Å². The molecule has 1 saturated carbocycles. The second kappa shape index (κ2) is 9.55. The molecule has 2 N–H and O–H groups in total. The smallest absolute Gasteiger partial charge is 0.319 e. The van der Waals surface area contributed by atoms with Gasteiger partial charge in [-0.05, 0) is 51.9 Å². The van der Waals surface area contributed by atoms with E-state index in [-0.39, 0.29) is 11.9 Å². The molecule has 3 amide bonds. The molecule has 0 bridgehead atoms. The first-order chi connectivity index (χ1) is 15.9. The Labute approximate surface area is 200 Å². The van der Waals surface area contributed by atoms with E-state index in [9.17, 15) is 9.59 Å². The molecule has 2 aliphatic heterocycles. The van der Waals surface area contributed by atoms with Crippen LogP contribution in [0.4, 0.5) is 10.5 Å². The number of furan rings is 1. The zero-order valence-electron chi connectivity index (χ0n) is 20.1. The third-order valence-corrected chi connectivity index (χ3v) is 7.53. The van der Waals surface area contributed by atoms with Gasteiger partial charge in [-0.25, -0.2) is 4.79 Å². The van der Waals surface area contributed by atoms with Gasteiger partial charge in [0.1, 0.15) is 5.58 Å². The van der Waals surface area contributed by atoms with Gasteiger partial charge in [-0.2, -0.15) is 0 Å². The number of urea groups is 1. The van der Waals surface area contributed by atoms with Crippen LogP contribution in [-0.2, 0) is 5.54 Å². The molecule has 2 fully saturated rings. The largest absolute Gasteiger partial charge is 0.450 e. The number of carbonyl (C=O) groups is 2. The maximum atomic E-state index is 13.2. The van der Waals surface area contributed by atoms with Gasteiger partial charge in [-0.3, -0.25) is 4.79 Å². The fourth-order valence-corrected chi connectivity index (χ4v) is 5.79. The lowest BCUT2D eigenvalue weighted by Gasteiger charge is -2.42. The predicted octanol–water partition coefficient (Wildman–Crippen LogP) is 5.57. The highest BCUT2D eigenvalue weighted by Gasteiger charge is 2.44. The van der Waals surface area contributed by atoms with Gasteiger partial charge in [0.2, 0.25) is 0 Å². The maximum absolute atomic E-state index is 13.2. The molecule has 0 atom stereocenters. The Balaban J connectivity index is 0.00000126. The van der Waals surface area contributed by atoms with Crippen LogP contribution in [0, 0.1) is 0 Å². The van der Waals surface area contributed by atoms with Gasteiger partial charge >= 0.3 is 6.03 Å². The lowest BCUT2D eigenvalue weighted by Crippen LogP contribution is -2.52. The number of carbonyl (C=O) groups excluding carboxylic acids is 2. The highest BCUT2D eigenvalue weighted by Crippen LogP contribution is 2.49. The van der Waals surface area contributed by atoms with Crippen molar-refractivity contribution in [1.29, 1.82) is 0 Å². The molecule has 0 unspecified atom stereocenters.